The van der Waals surface area contributed by atoms with E-state index in [1.807, 2.05) is 37.1 Å². The van der Waals surface area contributed by atoms with E-state index in [9.17, 15) is 9.18 Å². The summed E-state index contributed by atoms with van der Waals surface area (Å²) in [4.78, 5) is 14.0. The lowest BCUT2D eigenvalue weighted by Crippen LogP contribution is -2.25. The van der Waals surface area contributed by atoms with Gasteiger partial charge in [-0.3, -0.25) is 9.69 Å². The summed E-state index contributed by atoms with van der Waals surface area (Å²) in [6.45, 7) is 3.08. The van der Waals surface area contributed by atoms with E-state index in [0.29, 0.717) is 18.7 Å². The van der Waals surface area contributed by atoms with Gasteiger partial charge >= 0.3 is 0 Å². The molecule has 104 valence electrons. The highest BCUT2D eigenvalue weighted by atomic mass is 19.1. The lowest BCUT2D eigenvalue weighted by molar-refractivity contribution is 0.0943. The maximum Gasteiger partial charge on any atom is 0.176 e. The highest BCUT2D eigenvalue weighted by molar-refractivity contribution is 5.97. The summed E-state index contributed by atoms with van der Waals surface area (Å²) in [7, 11) is 1.91. The van der Waals surface area contributed by atoms with Gasteiger partial charge in [-0.15, -0.1) is 0 Å². The number of hydrogen-bond donors (Lipinski definition) is 0. The molecule has 0 fully saturated rings. The van der Waals surface area contributed by atoms with Gasteiger partial charge in [0.1, 0.15) is 5.82 Å². The Morgan fingerprint density at radius 3 is 2.50 bits per heavy atom. The highest BCUT2D eigenvalue weighted by Gasteiger charge is 2.10. The molecule has 0 saturated carbocycles. The average Bonchev–Trinajstić information content (AvgIpc) is 2.39. The van der Waals surface area contributed by atoms with Gasteiger partial charge in [-0.25, -0.2) is 4.39 Å². The molecule has 0 N–H and O–H groups in total. The Bertz CT molecular complexity index is 592. The Kier molecular flexibility index (Phi) is 4.64. The molecule has 0 saturated heterocycles. The van der Waals surface area contributed by atoms with Crippen molar-refractivity contribution in [3.05, 3.63) is 71.0 Å². The van der Waals surface area contributed by atoms with Gasteiger partial charge < -0.3 is 0 Å². The lowest BCUT2D eigenvalue weighted by Gasteiger charge is -2.16. The van der Waals surface area contributed by atoms with Crippen LogP contribution in [-0.2, 0) is 6.54 Å². The quantitative estimate of drug-likeness (QED) is 0.776. The zero-order valence-electron chi connectivity index (χ0n) is 11.8. The van der Waals surface area contributed by atoms with Gasteiger partial charge in [0, 0.05) is 12.1 Å². The second-order valence-electron chi connectivity index (χ2n) is 5.09. The van der Waals surface area contributed by atoms with Crippen molar-refractivity contribution < 1.29 is 9.18 Å². The Hall–Kier alpha value is -2.00. The van der Waals surface area contributed by atoms with Gasteiger partial charge in [0.05, 0.1) is 6.54 Å². The first-order valence-corrected chi connectivity index (χ1v) is 6.57. The van der Waals surface area contributed by atoms with Crippen LogP contribution in [0.1, 0.15) is 21.5 Å². The summed E-state index contributed by atoms with van der Waals surface area (Å²) in [6, 6.07) is 13.9. The average molecular weight is 271 g/mol. The summed E-state index contributed by atoms with van der Waals surface area (Å²) in [6.07, 6.45) is 0. The Labute approximate surface area is 118 Å². The minimum Gasteiger partial charge on any atom is -0.295 e. The van der Waals surface area contributed by atoms with Crippen molar-refractivity contribution in [1.29, 1.82) is 0 Å². The molecular formula is C17H18FNO. The number of benzene rings is 2. The number of nitrogens with zero attached hydrogens (tertiary/aromatic N) is 1. The van der Waals surface area contributed by atoms with Gasteiger partial charge in [0.2, 0.25) is 0 Å². The first kappa shape index (κ1) is 14.4. The molecule has 0 heterocycles. The van der Waals surface area contributed by atoms with Crippen molar-refractivity contribution in [2.45, 2.75) is 13.5 Å². The molecule has 2 nitrogen and oxygen atoms in total. The van der Waals surface area contributed by atoms with E-state index in [0.717, 1.165) is 0 Å². The van der Waals surface area contributed by atoms with Crippen LogP contribution in [0.25, 0.3) is 0 Å². The minimum atomic E-state index is -0.324. The molecule has 0 unspecified atom stereocenters. The molecule has 0 amide bonds. The molecule has 2 aromatic carbocycles. The van der Waals surface area contributed by atoms with Crippen molar-refractivity contribution in [3.63, 3.8) is 0 Å². The molecule has 0 aliphatic rings. The van der Waals surface area contributed by atoms with Gasteiger partial charge in [0.15, 0.2) is 5.78 Å². The van der Waals surface area contributed by atoms with Crippen LogP contribution in [0.2, 0.25) is 0 Å². The van der Waals surface area contributed by atoms with Crippen molar-refractivity contribution in [2.24, 2.45) is 0 Å². The first-order valence-electron chi connectivity index (χ1n) is 6.57. The monoisotopic (exact) mass is 271 g/mol. The fourth-order valence-electron chi connectivity index (χ4n) is 2.15. The molecule has 0 radical (unpaired) electrons. The number of halogens is 1. The van der Waals surface area contributed by atoms with Crippen LogP contribution in [0.5, 0.6) is 0 Å². The Balaban J connectivity index is 1.95. The standard InChI is InChI=1S/C17H18FNO/c1-13-4-3-5-14(10-13)11-19(2)12-17(20)15-6-8-16(18)9-7-15/h3-10H,11-12H2,1-2H3. The van der Waals surface area contributed by atoms with Crippen molar-refractivity contribution in [3.8, 4) is 0 Å². The summed E-state index contributed by atoms with van der Waals surface area (Å²) < 4.78 is 12.8. The van der Waals surface area contributed by atoms with Crippen LogP contribution >= 0.6 is 0 Å². The number of aryl methyl sites for hydroxylation is 1. The second-order valence-corrected chi connectivity index (χ2v) is 5.09. The number of hydrogen-bond acceptors (Lipinski definition) is 2. The maximum absolute atomic E-state index is 12.8. The minimum absolute atomic E-state index is 0.000142. The van der Waals surface area contributed by atoms with Gasteiger partial charge in [-0.2, -0.15) is 0 Å². The molecule has 0 aliphatic heterocycles. The smallest absolute Gasteiger partial charge is 0.176 e. The summed E-state index contributed by atoms with van der Waals surface area (Å²) >= 11 is 0. The summed E-state index contributed by atoms with van der Waals surface area (Å²) in [5, 5.41) is 0. The zero-order chi connectivity index (χ0) is 14.5. The third-order valence-corrected chi connectivity index (χ3v) is 3.11. The molecule has 3 heteroatoms. The molecule has 0 aromatic heterocycles. The van der Waals surface area contributed by atoms with Crippen molar-refractivity contribution >= 4 is 5.78 Å². The van der Waals surface area contributed by atoms with Gasteiger partial charge in [-0.05, 0) is 43.8 Å². The van der Waals surface area contributed by atoms with Crippen LogP contribution in [0, 0.1) is 12.7 Å². The van der Waals surface area contributed by atoms with Gasteiger partial charge in [-0.1, -0.05) is 29.8 Å². The molecule has 2 rings (SSSR count). The van der Waals surface area contributed by atoms with E-state index in [1.165, 1.54) is 35.4 Å². The number of carbonyl (C=O) groups is 1. The van der Waals surface area contributed by atoms with Crippen LogP contribution in [-0.4, -0.2) is 24.3 Å². The van der Waals surface area contributed by atoms with E-state index in [4.69, 9.17) is 0 Å². The third-order valence-electron chi connectivity index (χ3n) is 3.11. The van der Waals surface area contributed by atoms with E-state index in [2.05, 4.69) is 6.07 Å². The maximum atomic E-state index is 12.8. The predicted molar refractivity (Wildman–Crippen MR) is 78.2 cm³/mol. The van der Waals surface area contributed by atoms with Crippen LogP contribution in [0.3, 0.4) is 0 Å². The largest absolute Gasteiger partial charge is 0.295 e. The van der Waals surface area contributed by atoms with Crippen molar-refractivity contribution in [2.75, 3.05) is 13.6 Å². The molecule has 2 aromatic rings. The molecular weight excluding hydrogens is 253 g/mol. The summed E-state index contributed by atoms with van der Waals surface area (Å²) in [5.41, 5.74) is 2.93. The second kappa shape index (κ2) is 6.44. The summed E-state index contributed by atoms with van der Waals surface area (Å²) in [5.74, 6) is -0.324. The molecule has 0 spiro atoms. The first-order chi connectivity index (χ1) is 9.54. The fourth-order valence-corrected chi connectivity index (χ4v) is 2.15. The Morgan fingerprint density at radius 1 is 1.15 bits per heavy atom. The molecule has 0 aliphatic carbocycles. The van der Waals surface area contributed by atoms with Gasteiger partial charge in [0.25, 0.3) is 0 Å². The molecule has 0 bridgehead atoms. The Morgan fingerprint density at radius 2 is 1.85 bits per heavy atom. The zero-order valence-corrected chi connectivity index (χ0v) is 11.8. The SMILES string of the molecule is Cc1cccc(CN(C)CC(=O)c2ccc(F)cc2)c1. The van der Waals surface area contributed by atoms with Crippen LogP contribution < -0.4 is 0 Å². The van der Waals surface area contributed by atoms with Crippen molar-refractivity contribution in [1.82, 2.24) is 4.90 Å². The van der Waals surface area contributed by atoms with E-state index in [-0.39, 0.29) is 11.6 Å². The fraction of sp³-hybridized carbons (Fsp3) is 0.235. The normalized spacial score (nSPS) is 10.8. The topological polar surface area (TPSA) is 20.3 Å². The van der Waals surface area contributed by atoms with E-state index < -0.39 is 0 Å². The van der Waals surface area contributed by atoms with E-state index in [1.54, 1.807) is 0 Å². The predicted octanol–water partition coefficient (Wildman–Crippen LogP) is 3.45. The van der Waals surface area contributed by atoms with Crippen LogP contribution in [0.15, 0.2) is 48.5 Å². The number of rotatable bonds is 5. The molecule has 0 atom stereocenters. The number of carbonyl (C=O) groups excluding carboxylic acids is 1. The molecule has 20 heavy (non-hydrogen) atoms. The van der Waals surface area contributed by atoms with E-state index >= 15 is 0 Å². The van der Waals surface area contributed by atoms with Crippen LogP contribution in [0.4, 0.5) is 4.39 Å². The highest BCUT2D eigenvalue weighted by Crippen LogP contribution is 2.08. The number of Topliss-reactive ketones (excluding diaryl/α,β-unsaturated/α-hetero) is 1. The third kappa shape index (κ3) is 4.00. The lowest BCUT2D eigenvalue weighted by atomic mass is 10.1. The number of ketones is 1. The number of likely N-dealkylation sites (N-methyl/N-ethyl adjacent to an activating group) is 1.